The number of benzene rings is 4. The molecular weight excluding hydrogens is 594 g/mol. The number of aliphatic hydroxyl groups excluding tert-OH is 1. The number of halogens is 1. The molecule has 7 nitrogen and oxygen atoms in total. The third-order valence-corrected chi connectivity index (χ3v) is 7.98. The molecule has 3 N–H and O–H groups in total. The van der Waals surface area contributed by atoms with Crippen LogP contribution in [-0.4, -0.2) is 48.8 Å². The summed E-state index contributed by atoms with van der Waals surface area (Å²) < 4.78 is 12.6. The van der Waals surface area contributed by atoms with Crippen molar-refractivity contribution in [3.05, 3.63) is 136 Å². The lowest BCUT2D eigenvalue weighted by atomic mass is 9.91. The minimum Gasteiger partial charge on any atom is -0.494 e. The summed E-state index contributed by atoms with van der Waals surface area (Å²) in [5, 5.41) is 8.98. The van der Waals surface area contributed by atoms with Crippen LogP contribution >= 0.6 is 15.9 Å². The van der Waals surface area contributed by atoms with E-state index in [0.717, 1.165) is 26.7 Å². The van der Waals surface area contributed by atoms with Gasteiger partial charge in [-0.15, -0.1) is 0 Å². The SMILES string of the molecule is O=C(NNCC(c1ccccc1)c1ccccc1)[C@]1(Cc2ccccc2Br)COC(c2ccc(OCCCO)cc2)=N1. The third-order valence-electron chi connectivity index (χ3n) is 7.21. The average molecular weight is 629 g/mol. The van der Waals surface area contributed by atoms with Crippen LogP contribution in [0.25, 0.3) is 0 Å². The van der Waals surface area contributed by atoms with Crippen LogP contribution in [0.15, 0.2) is 119 Å². The molecule has 1 aliphatic rings. The van der Waals surface area contributed by atoms with Gasteiger partial charge in [0.15, 0.2) is 5.54 Å². The lowest BCUT2D eigenvalue weighted by Crippen LogP contribution is -2.53. The van der Waals surface area contributed by atoms with Gasteiger partial charge >= 0.3 is 0 Å². The highest BCUT2D eigenvalue weighted by Crippen LogP contribution is 2.30. The molecule has 0 saturated carbocycles. The van der Waals surface area contributed by atoms with E-state index in [1.165, 1.54) is 0 Å². The number of aliphatic imine (C=N–C) groups is 1. The first kappa shape index (κ1) is 29.5. The minimum absolute atomic E-state index is 0.0453. The number of amides is 1. The van der Waals surface area contributed by atoms with E-state index in [1.807, 2.05) is 84.9 Å². The van der Waals surface area contributed by atoms with Gasteiger partial charge in [-0.2, -0.15) is 0 Å². The van der Waals surface area contributed by atoms with Gasteiger partial charge in [0.25, 0.3) is 5.91 Å². The van der Waals surface area contributed by atoms with Crippen molar-refractivity contribution in [1.82, 2.24) is 10.9 Å². The molecule has 4 aromatic carbocycles. The third kappa shape index (κ3) is 7.26. The van der Waals surface area contributed by atoms with E-state index in [9.17, 15) is 4.79 Å². The molecule has 4 aromatic rings. The van der Waals surface area contributed by atoms with Gasteiger partial charge in [0, 0.05) is 41.9 Å². The van der Waals surface area contributed by atoms with Gasteiger partial charge in [-0.25, -0.2) is 10.4 Å². The van der Waals surface area contributed by atoms with Crippen molar-refractivity contribution in [2.75, 3.05) is 26.4 Å². The Balaban J connectivity index is 1.35. The summed E-state index contributed by atoms with van der Waals surface area (Å²) >= 11 is 3.63. The molecule has 0 saturated heterocycles. The van der Waals surface area contributed by atoms with Crippen molar-refractivity contribution in [1.29, 1.82) is 0 Å². The number of rotatable bonds is 13. The summed E-state index contributed by atoms with van der Waals surface area (Å²) in [7, 11) is 0. The lowest BCUT2D eigenvalue weighted by molar-refractivity contribution is -0.127. The molecule has 0 bridgehead atoms. The van der Waals surface area contributed by atoms with Gasteiger partial charge in [0.1, 0.15) is 12.4 Å². The Labute approximate surface area is 254 Å². The van der Waals surface area contributed by atoms with Gasteiger partial charge in [-0.1, -0.05) is 94.8 Å². The van der Waals surface area contributed by atoms with Crippen LogP contribution in [0.2, 0.25) is 0 Å². The van der Waals surface area contributed by atoms with Gasteiger partial charge in [0.2, 0.25) is 5.90 Å². The summed E-state index contributed by atoms with van der Waals surface area (Å²) in [5.41, 5.74) is 9.01. The van der Waals surface area contributed by atoms with Crippen LogP contribution < -0.4 is 15.6 Å². The van der Waals surface area contributed by atoms with E-state index in [-0.39, 0.29) is 25.0 Å². The standard InChI is InChI=1S/C34H34BrN3O4/c35-31-15-8-7-14-28(31)22-34(24-42-32(37-34)27-16-18-29(19-17-27)41-21-9-20-39)33(40)38-36-23-30(25-10-3-1-4-11-25)26-12-5-2-6-13-26/h1-8,10-19,30,36,39H,9,20-24H2,(H,38,40)/t34-/m0/s1. The molecule has 1 atom stereocenters. The second kappa shape index (κ2) is 14.3. The smallest absolute Gasteiger partial charge is 0.266 e. The Bertz CT molecular complexity index is 1440. The second-order valence-corrected chi connectivity index (χ2v) is 11.0. The Morgan fingerprint density at radius 2 is 1.57 bits per heavy atom. The zero-order valence-corrected chi connectivity index (χ0v) is 24.8. The van der Waals surface area contributed by atoms with E-state index in [0.29, 0.717) is 37.6 Å². The van der Waals surface area contributed by atoms with Crippen LogP contribution in [0.4, 0.5) is 0 Å². The number of aliphatic hydroxyl groups is 1. The maximum atomic E-state index is 13.9. The number of ether oxygens (including phenoxy) is 2. The fraction of sp³-hybridized carbons (Fsp3) is 0.235. The fourth-order valence-electron chi connectivity index (χ4n) is 4.94. The molecule has 42 heavy (non-hydrogen) atoms. The molecule has 0 radical (unpaired) electrons. The van der Waals surface area contributed by atoms with E-state index in [2.05, 4.69) is 51.0 Å². The van der Waals surface area contributed by atoms with Crippen LogP contribution in [-0.2, 0) is 16.0 Å². The highest BCUT2D eigenvalue weighted by molar-refractivity contribution is 9.10. The number of nitrogens with one attached hydrogen (secondary N) is 2. The highest BCUT2D eigenvalue weighted by atomic mass is 79.9. The molecule has 0 spiro atoms. The Morgan fingerprint density at radius 3 is 2.21 bits per heavy atom. The largest absolute Gasteiger partial charge is 0.494 e. The molecular formula is C34H34BrN3O4. The van der Waals surface area contributed by atoms with Gasteiger partial charge in [-0.3, -0.25) is 10.2 Å². The molecule has 5 rings (SSSR count). The molecule has 0 aliphatic carbocycles. The Morgan fingerprint density at radius 1 is 0.929 bits per heavy atom. The topological polar surface area (TPSA) is 92.2 Å². The highest BCUT2D eigenvalue weighted by Gasteiger charge is 2.45. The summed E-state index contributed by atoms with van der Waals surface area (Å²) in [4.78, 5) is 18.8. The number of hydrazine groups is 1. The van der Waals surface area contributed by atoms with Crippen molar-refractivity contribution in [2.45, 2.75) is 24.3 Å². The maximum Gasteiger partial charge on any atom is 0.266 e. The first-order valence-electron chi connectivity index (χ1n) is 14.0. The monoisotopic (exact) mass is 627 g/mol. The van der Waals surface area contributed by atoms with Crippen LogP contribution in [0.5, 0.6) is 5.75 Å². The van der Waals surface area contributed by atoms with E-state index < -0.39 is 5.54 Å². The Hall–Kier alpha value is -3.98. The number of carbonyl (C=O) groups excluding carboxylic acids is 1. The molecule has 1 heterocycles. The van der Waals surface area contributed by atoms with Crippen molar-refractivity contribution < 1.29 is 19.4 Å². The first-order valence-corrected chi connectivity index (χ1v) is 14.8. The van der Waals surface area contributed by atoms with Crippen molar-refractivity contribution in [2.24, 2.45) is 4.99 Å². The van der Waals surface area contributed by atoms with Crippen LogP contribution in [0.1, 0.15) is 34.6 Å². The number of hydrogen-bond donors (Lipinski definition) is 3. The quantitative estimate of drug-likeness (QED) is 0.136. The van der Waals surface area contributed by atoms with Crippen LogP contribution in [0.3, 0.4) is 0 Å². The zero-order valence-electron chi connectivity index (χ0n) is 23.2. The summed E-state index contributed by atoms with van der Waals surface area (Å²) in [5.74, 6) is 0.880. The molecule has 0 unspecified atom stereocenters. The molecule has 0 fully saturated rings. The molecule has 216 valence electrons. The minimum atomic E-state index is -1.17. The van der Waals surface area contributed by atoms with Gasteiger partial charge in [-0.05, 0) is 47.0 Å². The van der Waals surface area contributed by atoms with Crippen LogP contribution in [0, 0.1) is 0 Å². The fourth-order valence-corrected chi connectivity index (χ4v) is 5.36. The molecule has 0 aromatic heterocycles. The lowest BCUT2D eigenvalue weighted by Gasteiger charge is -2.25. The first-order chi connectivity index (χ1) is 20.6. The average Bonchev–Trinajstić information content (AvgIpc) is 3.47. The number of hydrogen-bond acceptors (Lipinski definition) is 6. The van der Waals surface area contributed by atoms with Crippen molar-refractivity contribution in [3.8, 4) is 5.75 Å². The predicted octanol–water partition coefficient (Wildman–Crippen LogP) is 5.42. The van der Waals surface area contributed by atoms with E-state index in [4.69, 9.17) is 19.6 Å². The van der Waals surface area contributed by atoms with Crippen molar-refractivity contribution >= 4 is 27.7 Å². The number of nitrogens with zero attached hydrogens (tertiary/aromatic N) is 1. The Kier molecular flexibility index (Phi) is 10.0. The maximum absolute atomic E-state index is 13.9. The van der Waals surface area contributed by atoms with Gasteiger partial charge < -0.3 is 14.6 Å². The summed E-state index contributed by atoms with van der Waals surface area (Å²) in [6, 6.07) is 35.7. The van der Waals surface area contributed by atoms with E-state index >= 15 is 0 Å². The summed E-state index contributed by atoms with van der Waals surface area (Å²) in [6.07, 6.45) is 0.921. The second-order valence-electron chi connectivity index (χ2n) is 10.2. The zero-order chi connectivity index (χ0) is 29.2. The van der Waals surface area contributed by atoms with E-state index in [1.54, 1.807) is 0 Å². The summed E-state index contributed by atoms with van der Waals surface area (Å²) in [6.45, 7) is 1.12. The van der Waals surface area contributed by atoms with Gasteiger partial charge in [0.05, 0.1) is 6.61 Å². The molecule has 1 amide bonds. The molecule has 1 aliphatic heterocycles. The predicted molar refractivity (Wildman–Crippen MR) is 168 cm³/mol. The number of carbonyl (C=O) groups is 1. The molecule has 8 heteroatoms. The van der Waals surface area contributed by atoms with Crippen molar-refractivity contribution in [3.63, 3.8) is 0 Å². The normalized spacial score (nSPS) is 16.1.